The van der Waals surface area contributed by atoms with E-state index >= 15 is 0 Å². The molecule has 0 saturated carbocycles. The molecule has 1 amide bonds. The summed E-state index contributed by atoms with van der Waals surface area (Å²) in [5.74, 6) is 0.152. The van der Waals surface area contributed by atoms with Crippen LogP contribution in [-0.2, 0) is 9.53 Å². The molecule has 1 unspecified atom stereocenters. The highest BCUT2D eigenvalue weighted by molar-refractivity contribution is 5.76. The number of unbranched alkanes of at least 4 members (excludes halogenated alkanes) is 1. The maximum Gasteiger partial charge on any atom is 0.220 e. The van der Waals surface area contributed by atoms with Crippen LogP contribution in [0.5, 0.6) is 0 Å². The quantitative estimate of drug-likeness (QED) is 0.838. The van der Waals surface area contributed by atoms with Crippen molar-refractivity contribution in [2.24, 2.45) is 0 Å². The van der Waals surface area contributed by atoms with Crippen molar-refractivity contribution < 1.29 is 9.53 Å². The Morgan fingerprint density at radius 2 is 2.00 bits per heavy atom. The third-order valence-electron chi connectivity index (χ3n) is 3.84. The highest BCUT2D eigenvalue weighted by atomic mass is 16.5. The number of carbonyl (C=O) groups excluding carboxylic acids is 1. The standard InChI is InChI=1S/C17H26N2O2/c1-2-3-9-17(20)18-16(15-7-5-4-6-8-15)14-19-10-12-21-13-11-19/h4-8,16H,2-3,9-14H2,1H3,(H,18,20). The fourth-order valence-corrected chi connectivity index (χ4v) is 2.57. The van der Waals surface area contributed by atoms with Gasteiger partial charge in [-0.15, -0.1) is 0 Å². The van der Waals surface area contributed by atoms with Crippen molar-refractivity contribution in [1.29, 1.82) is 0 Å². The van der Waals surface area contributed by atoms with E-state index in [1.165, 1.54) is 5.56 Å². The van der Waals surface area contributed by atoms with Gasteiger partial charge in [-0.3, -0.25) is 9.69 Å². The summed E-state index contributed by atoms with van der Waals surface area (Å²) in [4.78, 5) is 14.4. The van der Waals surface area contributed by atoms with Crippen molar-refractivity contribution >= 4 is 5.91 Å². The number of hydrogen-bond donors (Lipinski definition) is 1. The number of benzene rings is 1. The SMILES string of the molecule is CCCCC(=O)NC(CN1CCOCC1)c1ccccc1. The minimum atomic E-state index is 0.0636. The molecule has 1 saturated heterocycles. The van der Waals surface area contributed by atoms with Crippen LogP contribution < -0.4 is 5.32 Å². The normalized spacial score (nSPS) is 17.4. The van der Waals surface area contributed by atoms with Crippen LogP contribution in [0.15, 0.2) is 30.3 Å². The van der Waals surface area contributed by atoms with E-state index < -0.39 is 0 Å². The van der Waals surface area contributed by atoms with Crippen molar-refractivity contribution in [3.05, 3.63) is 35.9 Å². The molecule has 4 heteroatoms. The van der Waals surface area contributed by atoms with Gasteiger partial charge in [-0.1, -0.05) is 43.7 Å². The number of carbonyl (C=O) groups is 1. The first kappa shape index (κ1) is 16.0. The second-order valence-corrected chi connectivity index (χ2v) is 5.55. The summed E-state index contributed by atoms with van der Waals surface area (Å²) in [6, 6.07) is 10.3. The van der Waals surface area contributed by atoms with E-state index in [1.54, 1.807) is 0 Å². The second kappa shape index (κ2) is 8.80. The van der Waals surface area contributed by atoms with Gasteiger partial charge in [0.25, 0.3) is 0 Å². The Morgan fingerprint density at radius 1 is 1.29 bits per heavy atom. The minimum absolute atomic E-state index is 0.0636. The van der Waals surface area contributed by atoms with Crippen molar-refractivity contribution in [3.8, 4) is 0 Å². The Morgan fingerprint density at radius 3 is 2.67 bits per heavy atom. The molecule has 116 valence electrons. The maximum absolute atomic E-state index is 12.1. The van der Waals surface area contributed by atoms with Crippen LogP contribution >= 0.6 is 0 Å². The molecule has 1 aliphatic rings. The van der Waals surface area contributed by atoms with Crippen LogP contribution in [0.25, 0.3) is 0 Å². The van der Waals surface area contributed by atoms with E-state index in [4.69, 9.17) is 4.74 Å². The summed E-state index contributed by atoms with van der Waals surface area (Å²) < 4.78 is 5.39. The maximum atomic E-state index is 12.1. The summed E-state index contributed by atoms with van der Waals surface area (Å²) in [7, 11) is 0. The molecule has 1 heterocycles. The van der Waals surface area contributed by atoms with Gasteiger partial charge >= 0.3 is 0 Å². The monoisotopic (exact) mass is 290 g/mol. The van der Waals surface area contributed by atoms with Gasteiger partial charge in [0.1, 0.15) is 0 Å². The number of rotatable bonds is 7. The lowest BCUT2D eigenvalue weighted by Gasteiger charge is -2.31. The van der Waals surface area contributed by atoms with Gasteiger partial charge in [0, 0.05) is 26.1 Å². The Labute approximate surface area is 127 Å². The van der Waals surface area contributed by atoms with Crippen LogP contribution in [0.3, 0.4) is 0 Å². The lowest BCUT2D eigenvalue weighted by atomic mass is 10.1. The van der Waals surface area contributed by atoms with Crippen molar-refractivity contribution in [2.75, 3.05) is 32.8 Å². The molecule has 0 aromatic heterocycles. The Bertz CT molecular complexity index is 416. The number of hydrogen-bond acceptors (Lipinski definition) is 3. The lowest BCUT2D eigenvalue weighted by Crippen LogP contribution is -2.43. The average molecular weight is 290 g/mol. The zero-order valence-corrected chi connectivity index (χ0v) is 12.9. The average Bonchev–Trinajstić information content (AvgIpc) is 2.54. The second-order valence-electron chi connectivity index (χ2n) is 5.55. The number of nitrogens with one attached hydrogen (secondary N) is 1. The molecule has 1 N–H and O–H groups in total. The van der Waals surface area contributed by atoms with Crippen LogP contribution in [0.2, 0.25) is 0 Å². The van der Waals surface area contributed by atoms with E-state index in [0.29, 0.717) is 6.42 Å². The molecule has 0 bridgehead atoms. The molecular weight excluding hydrogens is 264 g/mol. The number of amides is 1. The molecule has 1 fully saturated rings. The topological polar surface area (TPSA) is 41.6 Å². The Hall–Kier alpha value is -1.39. The first-order valence-electron chi connectivity index (χ1n) is 7.94. The van der Waals surface area contributed by atoms with Crippen LogP contribution in [0.1, 0.15) is 37.8 Å². The summed E-state index contributed by atoms with van der Waals surface area (Å²) in [6.07, 6.45) is 2.61. The zero-order chi connectivity index (χ0) is 14.9. The molecule has 21 heavy (non-hydrogen) atoms. The van der Waals surface area contributed by atoms with Crippen LogP contribution in [-0.4, -0.2) is 43.7 Å². The van der Waals surface area contributed by atoms with Gasteiger partial charge < -0.3 is 10.1 Å². The third kappa shape index (κ3) is 5.48. The number of ether oxygens (including phenoxy) is 1. The molecule has 0 radical (unpaired) electrons. The van der Waals surface area contributed by atoms with Gasteiger partial charge in [0.05, 0.1) is 19.3 Å². The zero-order valence-electron chi connectivity index (χ0n) is 12.9. The lowest BCUT2D eigenvalue weighted by molar-refractivity contribution is -0.122. The largest absolute Gasteiger partial charge is 0.379 e. The smallest absolute Gasteiger partial charge is 0.220 e. The Kier molecular flexibility index (Phi) is 6.70. The van der Waals surface area contributed by atoms with Gasteiger partial charge in [-0.2, -0.15) is 0 Å². The predicted molar refractivity (Wildman–Crippen MR) is 84.1 cm³/mol. The van der Waals surface area contributed by atoms with E-state index in [9.17, 15) is 4.79 Å². The molecule has 1 aromatic rings. The van der Waals surface area contributed by atoms with Crippen molar-refractivity contribution in [1.82, 2.24) is 10.2 Å². The van der Waals surface area contributed by atoms with Crippen LogP contribution in [0, 0.1) is 0 Å². The van der Waals surface area contributed by atoms with E-state index in [0.717, 1.165) is 45.7 Å². The molecule has 1 atom stereocenters. The van der Waals surface area contributed by atoms with Crippen molar-refractivity contribution in [2.45, 2.75) is 32.2 Å². The summed E-state index contributed by atoms with van der Waals surface area (Å²) in [5, 5.41) is 3.19. The molecular formula is C17H26N2O2. The van der Waals surface area contributed by atoms with E-state index in [2.05, 4.69) is 29.3 Å². The predicted octanol–water partition coefficient (Wildman–Crippen LogP) is 2.37. The van der Waals surface area contributed by atoms with Crippen LogP contribution in [0.4, 0.5) is 0 Å². The number of nitrogens with zero attached hydrogens (tertiary/aromatic N) is 1. The van der Waals surface area contributed by atoms with Gasteiger partial charge in [0.2, 0.25) is 5.91 Å². The van der Waals surface area contributed by atoms with E-state index in [-0.39, 0.29) is 11.9 Å². The molecule has 1 aromatic carbocycles. The fourth-order valence-electron chi connectivity index (χ4n) is 2.57. The number of morpholine rings is 1. The summed E-state index contributed by atoms with van der Waals surface area (Å²) in [6.45, 7) is 6.40. The van der Waals surface area contributed by atoms with Gasteiger partial charge in [-0.05, 0) is 12.0 Å². The molecule has 0 aliphatic carbocycles. The highest BCUT2D eigenvalue weighted by Gasteiger charge is 2.19. The molecule has 1 aliphatic heterocycles. The first-order valence-corrected chi connectivity index (χ1v) is 7.94. The molecule has 2 rings (SSSR count). The Balaban J connectivity index is 1.97. The first-order chi connectivity index (χ1) is 10.3. The minimum Gasteiger partial charge on any atom is -0.379 e. The fraction of sp³-hybridized carbons (Fsp3) is 0.588. The summed E-state index contributed by atoms with van der Waals surface area (Å²) >= 11 is 0. The van der Waals surface area contributed by atoms with E-state index in [1.807, 2.05) is 18.2 Å². The molecule has 0 spiro atoms. The van der Waals surface area contributed by atoms with Crippen molar-refractivity contribution in [3.63, 3.8) is 0 Å². The van der Waals surface area contributed by atoms with Gasteiger partial charge in [-0.25, -0.2) is 0 Å². The third-order valence-corrected chi connectivity index (χ3v) is 3.84. The van der Waals surface area contributed by atoms with Gasteiger partial charge in [0.15, 0.2) is 0 Å². The molecule has 4 nitrogen and oxygen atoms in total. The summed E-state index contributed by atoms with van der Waals surface area (Å²) in [5.41, 5.74) is 1.17. The highest BCUT2D eigenvalue weighted by Crippen LogP contribution is 2.15.